The van der Waals surface area contributed by atoms with Crippen molar-refractivity contribution >= 4 is 11.7 Å². The summed E-state index contributed by atoms with van der Waals surface area (Å²) < 4.78 is 8.12. The number of carbonyl (C=O) groups is 2. The molecule has 33 heavy (non-hydrogen) atoms. The number of ketones is 1. The maximum atomic E-state index is 13.2. The number of hydrogen-bond acceptors (Lipinski definition) is 6. The summed E-state index contributed by atoms with van der Waals surface area (Å²) >= 11 is 0. The summed E-state index contributed by atoms with van der Waals surface area (Å²) in [7, 11) is 1.95. The van der Waals surface area contributed by atoms with Crippen LogP contribution >= 0.6 is 0 Å². The second-order valence-corrected chi connectivity index (χ2v) is 9.78. The van der Waals surface area contributed by atoms with E-state index in [1.807, 2.05) is 48.7 Å². The molecule has 1 aromatic carbocycles. The van der Waals surface area contributed by atoms with Crippen LogP contribution in [0.1, 0.15) is 64.6 Å². The monoisotopic (exact) mass is 451 g/mol. The van der Waals surface area contributed by atoms with Crippen molar-refractivity contribution in [3.05, 3.63) is 46.3 Å². The van der Waals surface area contributed by atoms with Crippen LogP contribution in [0, 0.1) is 26.7 Å². The molecule has 0 radical (unpaired) electrons. The lowest BCUT2D eigenvalue weighted by atomic mass is 9.85. The number of aromatic nitrogens is 2. The van der Waals surface area contributed by atoms with Gasteiger partial charge in [-0.25, -0.2) is 10.9 Å². The Morgan fingerprint density at radius 3 is 2.61 bits per heavy atom. The summed E-state index contributed by atoms with van der Waals surface area (Å²) in [6.45, 7) is 7.47. The molecule has 4 heterocycles. The van der Waals surface area contributed by atoms with E-state index in [2.05, 4.69) is 22.9 Å². The molecule has 2 saturated heterocycles. The number of benzene rings is 1. The fourth-order valence-corrected chi connectivity index (χ4v) is 5.64. The first-order chi connectivity index (χ1) is 15.8. The standard InChI is InChI=1S/C25H33N5O3/c1-14-5-6-22-18(11-14)21(31)13-23(33-22)17-7-9-30(10-8-17)25(32)20-12-19(26-27-20)24-15(2)28-29(4)16(24)3/h5-6,11,17,19-20,23,26-27H,7-10,12-13H2,1-4H3. The summed E-state index contributed by atoms with van der Waals surface area (Å²) in [4.78, 5) is 27.8. The van der Waals surface area contributed by atoms with E-state index in [4.69, 9.17) is 4.74 Å². The molecule has 2 N–H and O–H groups in total. The SMILES string of the molecule is Cc1ccc2c(c1)C(=O)CC(C1CCN(C(=O)C3CC(c4c(C)nn(C)c4C)NN3)CC1)O2. The second-order valence-electron chi connectivity index (χ2n) is 9.78. The van der Waals surface area contributed by atoms with Gasteiger partial charge in [-0.2, -0.15) is 5.10 Å². The zero-order valence-corrected chi connectivity index (χ0v) is 19.9. The molecule has 0 bridgehead atoms. The number of nitrogens with zero attached hydrogens (tertiary/aromatic N) is 3. The Labute approximate surface area is 194 Å². The Morgan fingerprint density at radius 2 is 1.91 bits per heavy atom. The molecule has 3 aliphatic heterocycles. The zero-order chi connectivity index (χ0) is 23.3. The van der Waals surface area contributed by atoms with E-state index in [9.17, 15) is 9.59 Å². The summed E-state index contributed by atoms with van der Waals surface area (Å²) in [6.07, 6.45) is 2.75. The third-order valence-electron chi connectivity index (χ3n) is 7.59. The highest BCUT2D eigenvalue weighted by Gasteiger charge is 2.39. The molecule has 0 saturated carbocycles. The lowest BCUT2D eigenvalue weighted by molar-refractivity contribution is -0.135. The van der Waals surface area contributed by atoms with Crippen molar-refractivity contribution in [3.63, 3.8) is 0 Å². The highest BCUT2D eigenvalue weighted by atomic mass is 16.5. The predicted octanol–water partition coefficient (Wildman–Crippen LogP) is 2.53. The van der Waals surface area contributed by atoms with Crippen LogP contribution in [0.25, 0.3) is 0 Å². The van der Waals surface area contributed by atoms with E-state index in [0.29, 0.717) is 37.2 Å². The Balaban J connectivity index is 1.17. The van der Waals surface area contributed by atoms with Crippen LogP contribution < -0.4 is 15.6 Å². The Bertz CT molecular complexity index is 1090. The van der Waals surface area contributed by atoms with E-state index >= 15 is 0 Å². The fraction of sp³-hybridized carbons (Fsp3) is 0.560. The summed E-state index contributed by atoms with van der Waals surface area (Å²) in [5.74, 6) is 1.30. The Kier molecular flexibility index (Phi) is 5.74. The number of ether oxygens (including phenoxy) is 1. The minimum atomic E-state index is -0.242. The molecule has 8 nitrogen and oxygen atoms in total. The van der Waals surface area contributed by atoms with Crippen molar-refractivity contribution < 1.29 is 14.3 Å². The van der Waals surface area contributed by atoms with Crippen LogP contribution in [0.2, 0.25) is 0 Å². The number of amides is 1. The fourth-order valence-electron chi connectivity index (χ4n) is 5.64. The number of Topliss-reactive ketones (excluding diaryl/α,β-unsaturated/α-hetero) is 1. The smallest absolute Gasteiger partial charge is 0.241 e. The molecule has 3 unspecified atom stereocenters. The minimum Gasteiger partial charge on any atom is -0.489 e. The first-order valence-electron chi connectivity index (χ1n) is 11.9. The van der Waals surface area contributed by atoms with Gasteiger partial charge in [-0.1, -0.05) is 11.6 Å². The van der Waals surface area contributed by atoms with Gasteiger partial charge in [0, 0.05) is 37.8 Å². The summed E-state index contributed by atoms with van der Waals surface area (Å²) in [5, 5.41) is 4.51. The molecule has 3 atom stereocenters. The van der Waals surface area contributed by atoms with Crippen LogP contribution in [0.5, 0.6) is 5.75 Å². The number of hydrazine groups is 1. The van der Waals surface area contributed by atoms with Gasteiger partial charge < -0.3 is 9.64 Å². The first-order valence-corrected chi connectivity index (χ1v) is 11.9. The quantitative estimate of drug-likeness (QED) is 0.746. The van der Waals surface area contributed by atoms with Gasteiger partial charge in [0.2, 0.25) is 5.91 Å². The molecule has 3 aliphatic rings. The summed E-state index contributed by atoms with van der Waals surface area (Å²) in [6, 6.07) is 5.65. The molecule has 176 valence electrons. The molecular formula is C25H33N5O3. The van der Waals surface area contributed by atoms with Gasteiger partial charge in [0.25, 0.3) is 0 Å². The normalized spacial score (nSPS) is 25.8. The summed E-state index contributed by atoms with van der Waals surface area (Å²) in [5.41, 5.74) is 11.6. The number of rotatable bonds is 3. The van der Waals surface area contributed by atoms with Gasteiger partial charge in [-0.05, 0) is 58.1 Å². The van der Waals surface area contributed by atoms with Crippen molar-refractivity contribution in [1.29, 1.82) is 0 Å². The number of carbonyl (C=O) groups excluding carboxylic acids is 2. The number of fused-ring (bicyclic) bond motifs is 1. The molecule has 2 aromatic rings. The number of aryl methyl sites for hydroxylation is 3. The lowest BCUT2D eigenvalue weighted by Gasteiger charge is -2.38. The second kappa shape index (κ2) is 8.57. The van der Waals surface area contributed by atoms with Gasteiger partial charge in [-0.3, -0.25) is 14.3 Å². The van der Waals surface area contributed by atoms with Gasteiger partial charge in [0.1, 0.15) is 17.9 Å². The number of hydrogen-bond donors (Lipinski definition) is 2. The maximum Gasteiger partial charge on any atom is 0.241 e. The molecule has 0 aliphatic carbocycles. The van der Waals surface area contributed by atoms with E-state index in [-0.39, 0.29) is 35.8 Å². The molecule has 0 spiro atoms. The predicted molar refractivity (Wildman–Crippen MR) is 124 cm³/mol. The lowest BCUT2D eigenvalue weighted by Crippen LogP contribution is -2.50. The minimum absolute atomic E-state index is 0.0792. The van der Waals surface area contributed by atoms with Crippen LogP contribution in [-0.4, -0.2) is 51.6 Å². The van der Waals surface area contributed by atoms with Gasteiger partial charge in [-0.15, -0.1) is 0 Å². The highest BCUT2D eigenvalue weighted by molar-refractivity contribution is 6.00. The van der Waals surface area contributed by atoms with E-state index in [0.717, 1.165) is 29.8 Å². The van der Waals surface area contributed by atoms with Crippen molar-refractivity contribution in [3.8, 4) is 5.75 Å². The van der Waals surface area contributed by atoms with Crippen LogP contribution in [0.3, 0.4) is 0 Å². The van der Waals surface area contributed by atoms with E-state index in [1.165, 1.54) is 5.56 Å². The Morgan fingerprint density at radius 1 is 1.15 bits per heavy atom. The number of piperidine rings is 1. The van der Waals surface area contributed by atoms with E-state index < -0.39 is 0 Å². The zero-order valence-electron chi connectivity index (χ0n) is 19.9. The average Bonchev–Trinajstić information content (AvgIpc) is 3.37. The van der Waals surface area contributed by atoms with Gasteiger partial charge in [0.05, 0.1) is 17.3 Å². The van der Waals surface area contributed by atoms with Gasteiger partial charge >= 0.3 is 0 Å². The average molecular weight is 452 g/mol. The Hall–Kier alpha value is -2.71. The molecule has 2 fully saturated rings. The topological polar surface area (TPSA) is 88.5 Å². The third-order valence-corrected chi connectivity index (χ3v) is 7.59. The van der Waals surface area contributed by atoms with Crippen molar-refractivity contribution in [1.82, 2.24) is 25.5 Å². The highest BCUT2D eigenvalue weighted by Crippen LogP contribution is 2.35. The maximum absolute atomic E-state index is 13.2. The molecule has 1 aromatic heterocycles. The number of likely N-dealkylation sites (tertiary alicyclic amines) is 1. The van der Waals surface area contributed by atoms with Crippen LogP contribution in [-0.2, 0) is 11.8 Å². The van der Waals surface area contributed by atoms with Crippen LogP contribution in [0.4, 0.5) is 0 Å². The largest absolute Gasteiger partial charge is 0.489 e. The molecule has 8 heteroatoms. The molecule has 1 amide bonds. The third kappa shape index (κ3) is 4.06. The van der Waals surface area contributed by atoms with Crippen LogP contribution in [0.15, 0.2) is 18.2 Å². The first kappa shape index (κ1) is 22.1. The van der Waals surface area contributed by atoms with Crippen molar-refractivity contribution in [2.75, 3.05) is 13.1 Å². The van der Waals surface area contributed by atoms with Gasteiger partial charge in [0.15, 0.2) is 5.78 Å². The number of nitrogens with one attached hydrogen (secondary N) is 2. The molecular weight excluding hydrogens is 418 g/mol. The van der Waals surface area contributed by atoms with Crippen molar-refractivity contribution in [2.24, 2.45) is 13.0 Å². The molecule has 5 rings (SSSR count). The van der Waals surface area contributed by atoms with E-state index in [1.54, 1.807) is 0 Å². The van der Waals surface area contributed by atoms with Crippen molar-refractivity contribution in [2.45, 2.75) is 64.6 Å².